The molecule has 0 heterocycles. The molecular formula is C12H15NOS. The molecule has 1 amide bonds. The number of hydrogen-bond acceptors (Lipinski definition) is 2. The second-order valence-corrected chi connectivity index (χ2v) is 4.72. The maximum atomic E-state index is 11.4. The van der Waals surface area contributed by atoms with E-state index in [1.54, 1.807) is 11.8 Å². The Balaban J connectivity index is 1.84. The van der Waals surface area contributed by atoms with Gasteiger partial charge in [-0.05, 0) is 36.8 Å². The monoisotopic (exact) mass is 221 g/mol. The fourth-order valence-electron chi connectivity index (χ4n) is 1.42. The van der Waals surface area contributed by atoms with Gasteiger partial charge < -0.3 is 5.32 Å². The molecule has 0 spiro atoms. The van der Waals surface area contributed by atoms with Crippen molar-refractivity contribution in [3.05, 3.63) is 29.8 Å². The third-order valence-electron chi connectivity index (χ3n) is 2.57. The van der Waals surface area contributed by atoms with Crippen LogP contribution in [0.25, 0.3) is 0 Å². The second kappa shape index (κ2) is 4.71. The van der Waals surface area contributed by atoms with Crippen LogP contribution in [0.2, 0.25) is 0 Å². The predicted molar refractivity (Wildman–Crippen MR) is 62.8 cm³/mol. The molecule has 80 valence electrons. The first kappa shape index (κ1) is 10.6. The number of rotatable bonds is 4. The van der Waals surface area contributed by atoms with Gasteiger partial charge in [0.25, 0.3) is 0 Å². The summed E-state index contributed by atoms with van der Waals surface area (Å²) in [5, 5.41) is 2.95. The Morgan fingerprint density at radius 3 is 2.60 bits per heavy atom. The highest BCUT2D eigenvalue weighted by molar-refractivity contribution is 7.98. The van der Waals surface area contributed by atoms with Gasteiger partial charge in [0.2, 0.25) is 5.91 Å². The highest BCUT2D eigenvalue weighted by atomic mass is 32.2. The molecule has 0 aromatic heterocycles. The highest BCUT2D eigenvalue weighted by Gasteiger charge is 2.29. The fraction of sp³-hybridized carbons (Fsp3) is 0.417. The third-order valence-corrected chi connectivity index (χ3v) is 3.32. The molecule has 2 nitrogen and oxygen atoms in total. The molecule has 1 fully saturated rings. The molecular weight excluding hydrogens is 206 g/mol. The predicted octanol–water partition coefficient (Wildman–Crippen LogP) is 2.43. The number of carbonyl (C=O) groups is 1. The summed E-state index contributed by atoms with van der Waals surface area (Å²) in [5.41, 5.74) is 1.17. The van der Waals surface area contributed by atoms with E-state index in [1.165, 1.54) is 10.5 Å². The molecule has 1 saturated carbocycles. The van der Waals surface area contributed by atoms with Crippen LogP contribution < -0.4 is 5.32 Å². The van der Waals surface area contributed by atoms with Crippen LogP contribution in [0.5, 0.6) is 0 Å². The molecule has 0 saturated heterocycles. The van der Waals surface area contributed by atoms with Gasteiger partial charge in [0.1, 0.15) is 0 Å². The van der Waals surface area contributed by atoms with Crippen molar-refractivity contribution in [3.63, 3.8) is 0 Å². The Kier molecular flexibility index (Phi) is 3.31. The van der Waals surface area contributed by atoms with Gasteiger partial charge in [0, 0.05) is 17.4 Å². The number of benzene rings is 1. The summed E-state index contributed by atoms with van der Waals surface area (Å²) in [5.74, 6) is 0.513. The van der Waals surface area contributed by atoms with E-state index in [-0.39, 0.29) is 5.91 Å². The van der Waals surface area contributed by atoms with E-state index in [1.807, 2.05) is 0 Å². The average molecular weight is 221 g/mol. The zero-order valence-corrected chi connectivity index (χ0v) is 9.64. The number of thioether (sulfide) groups is 1. The van der Waals surface area contributed by atoms with Crippen molar-refractivity contribution in [2.24, 2.45) is 5.92 Å². The Morgan fingerprint density at radius 1 is 1.40 bits per heavy atom. The largest absolute Gasteiger partial charge is 0.352 e. The summed E-state index contributed by atoms with van der Waals surface area (Å²) in [6, 6.07) is 8.31. The van der Waals surface area contributed by atoms with Crippen molar-refractivity contribution in [2.45, 2.75) is 24.3 Å². The summed E-state index contributed by atoms with van der Waals surface area (Å²) < 4.78 is 0. The van der Waals surface area contributed by atoms with Crippen molar-refractivity contribution in [2.75, 3.05) is 6.26 Å². The van der Waals surface area contributed by atoms with Crippen LogP contribution in [0.15, 0.2) is 29.2 Å². The van der Waals surface area contributed by atoms with Crippen molar-refractivity contribution >= 4 is 17.7 Å². The van der Waals surface area contributed by atoms with Crippen LogP contribution in [0.1, 0.15) is 18.4 Å². The van der Waals surface area contributed by atoms with Crippen LogP contribution in [-0.2, 0) is 11.3 Å². The molecule has 0 radical (unpaired) electrons. The minimum absolute atomic E-state index is 0.212. The molecule has 3 heteroatoms. The van der Waals surface area contributed by atoms with Crippen LogP contribution >= 0.6 is 11.8 Å². The fourth-order valence-corrected chi connectivity index (χ4v) is 1.83. The lowest BCUT2D eigenvalue weighted by Gasteiger charge is -2.04. The lowest BCUT2D eigenvalue weighted by atomic mass is 10.2. The Morgan fingerprint density at radius 2 is 2.07 bits per heavy atom. The van der Waals surface area contributed by atoms with E-state index in [4.69, 9.17) is 0 Å². The molecule has 15 heavy (non-hydrogen) atoms. The van der Waals surface area contributed by atoms with Gasteiger partial charge in [0.15, 0.2) is 0 Å². The van der Waals surface area contributed by atoms with Crippen LogP contribution in [0.3, 0.4) is 0 Å². The zero-order valence-electron chi connectivity index (χ0n) is 8.82. The van der Waals surface area contributed by atoms with Gasteiger partial charge in [-0.3, -0.25) is 4.79 Å². The minimum atomic E-state index is 0.212. The lowest BCUT2D eigenvalue weighted by Crippen LogP contribution is -2.24. The van der Waals surface area contributed by atoms with Crippen LogP contribution in [0.4, 0.5) is 0 Å². The minimum Gasteiger partial charge on any atom is -0.352 e. The maximum absolute atomic E-state index is 11.4. The Hall–Kier alpha value is -0.960. The summed E-state index contributed by atoms with van der Waals surface area (Å²) in [4.78, 5) is 12.6. The smallest absolute Gasteiger partial charge is 0.223 e. The third kappa shape index (κ3) is 2.99. The first-order valence-electron chi connectivity index (χ1n) is 5.20. The van der Waals surface area contributed by atoms with E-state index in [0.29, 0.717) is 12.5 Å². The summed E-state index contributed by atoms with van der Waals surface area (Å²) >= 11 is 1.73. The molecule has 1 N–H and O–H groups in total. The van der Waals surface area contributed by atoms with Gasteiger partial charge in [-0.15, -0.1) is 11.8 Å². The molecule has 1 aliphatic rings. The van der Waals surface area contributed by atoms with E-state index < -0.39 is 0 Å². The van der Waals surface area contributed by atoms with Gasteiger partial charge in [-0.1, -0.05) is 12.1 Å². The van der Waals surface area contributed by atoms with E-state index in [0.717, 1.165) is 12.8 Å². The quantitative estimate of drug-likeness (QED) is 0.791. The van der Waals surface area contributed by atoms with E-state index in [2.05, 4.69) is 35.8 Å². The van der Waals surface area contributed by atoms with Crippen LogP contribution in [-0.4, -0.2) is 12.2 Å². The molecule has 0 unspecified atom stereocenters. The zero-order chi connectivity index (χ0) is 10.7. The van der Waals surface area contributed by atoms with Crippen molar-refractivity contribution < 1.29 is 4.79 Å². The van der Waals surface area contributed by atoms with Crippen molar-refractivity contribution in [1.82, 2.24) is 5.32 Å². The number of carbonyl (C=O) groups excluding carboxylic acids is 1. The number of amides is 1. The lowest BCUT2D eigenvalue weighted by molar-refractivity contribution is -0.122. The molecule has 1 aromatic rings. The SMILES string of the molecule is CSc1ccc(CNC(=O)C2CC2)cc1. The summed E-state index contributed by atoms with van der Waals surface area (Å²) in [6.45, 7) is 0.657. The van der Waals surface area contributed by atoms with Crippen LogP contribution in [0, 0.1) is 5.92 Å². The van der Waals surface area contributed by atoms with E-state index in [9.17, 15) is 4.79 Å². The van der Waals surface area contributed by atoms with Gasteiger partial charge in [0.05, 0.1) is 0 Å². The number of hydrogen-bond donors (Lipinski definition) is 1. The highest BCUT2D eigenvalue weighted by Crippen LogP contribution is 2.28. The molecule has 0 aliphatic heterocycles. The Bertz CT molecular complexity index is 343. The first-order chi connectivity index (χ1) is 7.29. The normalized spacial score (nSPS) is 15.0. The van der Waals surface area contributed by atoms with Crippen molar-refractivity contribution in [3.8, 4) is 0 Å². The number of nitrogens with one attached hydrogen (secondary N) is 1. The van der Waals surface area contributed by atoms with Gasteiger partial charge in [-0.25, -0.2) is 0 Å². The summed E-state index contributed by atoms with van der Waals surface area (Å²) in [6.07, 6.45) is 4.19. The molecule has 1 aliphatic carbocycles. The van der Waals surface area contributed by atoms with Gasteiger partial charge >= 0.3 is 0 Å². The maximum Gasteiger partial charge on any atom is 0.223 e. The van der Waals surface area contributed by atoms with E-state index >= 15 is 0 Å². The standard InChI is InChI=1S/C12H15NOS/c1-15-11-6-2-9(3-7-11)8-13-12(14)10-4-5-10/h2-3,6-7,10H,4-5,8H2,1H3,(H,13,14). The first-order valence-corrected chi connectivity index (χ1v) is 6.42. The molecule has 0 bridgehead atoms. The summed E-state index contributed by atoms with van der Waals surface area (Å²) in [7, 11) is 0. The van der Waals surface area contributed by atoms with Gasteiger partial charge in [-0.2, -0.15) is 0 Å². The Labute approximate surface area is 94.4 Å². The van der Waals surface area contributed by atoms with Crippen molar-refractivity contribution in [1.29, 1.82) is 0 Å². The molecule has 1 aromatic carbocycles. The topological polar surface area (TPSA) is 29.1 Å². The molecule has 0 atom stereocenters. The average Bonchev–Trinajstić information content (AvgIpc) is 3.10. The second-order valence-electron chi connectivity index (χ2n) is 3.84. The molecule has 2 rings (SSSR count).